The van der Waals surface area contributed by atoms with Gasteiger partial charge in [0, 0.05) is 38.4 Å². The average molecular weight is 285 g/mol. The van der Waals surface area contributed by atoms with E-state index in [1.54, 1.807) is 0 Å². The number of hydrogen-bond donors (Lipinski definition) is 1. The van der Waals surface area contributed by atoms with Crippen LogP contribution in [-0.4, -0.2) is 52.7 Å². The van der Waals surface area contributed by atoms with E-state index >= 15 is 0 Å². The van der Waals surface area contributed by atoms with Gasteiger partial charge < -0.3 is 9.84 Å². The number of nitrogens with one attached hydrogen (secondary N) is 1. The van der Waals surface area contributed by atoms with Crippen LogP contribution < -0.4 is 5.32 Å². The van der Waals surface area contributed by atoms with Gasteiger partial charge in [-0.05, 0) is 12.1 Å². The fourth-order valence-corrected chi connectivity index (χ4v) is 3.07. The lowest BCUT2D eigenvalue weighted by Crippen LogP contribution is -2.57. The van der Waals surface area contributed by atoms with Gasteiger partial charge in [-0.25, -0.2) is 0 Å². The summed E-state index contributed by atoms with van der Waals surface area (Å²) in [6.45, 7) is 6.12. The van der Waals surface area contributed by atoms with E-state index in [-0.39, 0.29) is 0 Å². The van der Waals surface area contributed by atoms with Gasteiger partial charge in [-0.2, -0.15) is 4.98 Å². The van der Waals surface area contributed by atoms with E-state index < -0.39 is 0 Å². The summed E-state index contributed by atoms with van der Waals surface area (Å²) >= 11 is 0. The minimum absolute atomic E-state index is 0.293. The summed E-state index contributed by atoms with van der Waals surface area (Å²) in [4.78, 5) is 9.49. The molecule has 1 atom stereocenters. The predicted octanol–water partition coefficient (Wildman–Crippen LogP) is 1.35. The highest BCUT2D eigenvalue weighted by Crippen LogP contribution is 2.26. The van der Waals surface area contributed by atoms with Gasteiger partial charge in [0.1, 0.15) is 0 Å². The predicted molar refractivity (Wildman–Crippen MR) is 78.8 cm³/mol. The molecule has 3 saturated heterocycles. The highest BCUT2D eigenvalue weighted by atomic mass is 16.5. The normalized spacial score (nSPS) is 27.7. The lowest BCUT2D eigenvalue weighted by Gasteiger charge is -2.46. The summed E-state index contributed by atoms with van der Waals surface area (Å²) in [6, 6.07) is 10.3. The molecule has 0 radical (unpaired) electrons. The number of hydrogen-bond acceptors (Lipinski definition) is 6. The molecular formula is C15H19N5O. The summed E-state index contributed by atoms with van der Waals surface area (Å²) in [5, 5.41) is 7.47. The van der Waals surface area contributed by atoms with Gasteiger partial charge in [0.2, 0.25) is 5.89 Å². The smallest absolute Gasteiger partial charge is 0.245 e. The molecule has 3 aliphatic heterocycles. The Hall–Kier alpha value is -1.92. The molecular weight excluding hydrogens is 266 g/mol. The number of aromatic nitrogens is 2. The fourth-order valence-electron chi connectivity index (χ4n) is 3.07. The third-order valence-electron chi connectivity index (χ3n) is 4.28. The summed E-state index contributed by atoms with van der Waals surface area (Å²) < 4.78 is 5.38. The number of para-hydroxylation sites is 1. The monoisotopic (exact) mass is 285 g/mol. The topological polar surface area (TPSA) is 57.4 Å². The summed E-state index contributed by atoms with van der Waals surface area (Å²) in [6.07, 6.45) is 0. The van der Waals surface area contributed by atoms with E-state index in [0.717, 1.165) is 44.2 Å². The molecule has 21 heavy (non-hydrogen) atoms. The number of rotatable bonds is 4. The third kappa shape index (κ3) is 2.64. The quantitative estimate of drug-likeness (QED) is 0.915. The maximum absolute atomic E-state index is 5.38. The van der Waals surface area contributed by atoms with Crippen molar-refractivity contribution in [1.29, 1.82) is 0 Å². The highest BCUT2D eigenvalue weighted by molar-refractivity contribution is 5.42. The number of anilines is 1. The number of benzene rings is 1. The Kier molecular flexibility index (Phi) is 3.33. The maximum Gasteiger partial charge on any atom is 0.245 e. The minimum Gasteiger partial charge on any atom is -0.376 e. The van der Waals surface area contributed by atoms with Crippen LogP contribution in [0.3, 0.4) is 0 Å². The first-order chi connectivity index (χ1) is 10.4. The number of piperazine rings is 3. The molecule has 4 heterocycles. The van der Waals surface area contributed by atoms with Crippen LogP contribution >= 0.6 is 0 Å². The van der Waals surface area contributed by atoms with Crippen LogP contribution in [0.2, 0.25) is 0 Å². The Labute approximate surface area is 123 Å². The van der Waals surface area contributed by atoms with Crippen molar-refractivity contribution in [2.45, 2.75) is 12.6 Å². The minimum atomic E-state index is 0.293. The van der Waals surface area contributed by atoms with Crippen molar-refractivity contribution in [2.24, 2.45) is 0 Å². The van der Waals surface area contributed by atoms with Crippen molar-refractivity contribution in [3.8, 4) is 0 Å². The zero-order chi connectivity index (χ0) is 14.1. The standard InChI is InChI=1S/C15H19N5O/c1-2-4-12(5-3-1)16-10-14-17-15(18-21-14)13-11-19-6-8-20(13)9-7-19/h1-5,13,16H,6-11H2. The van der Waals surface area contributed by atoms with Crippen molar-refractivity contribution in [3.63, 3.8) is 0 Å². The molecule has 2 bridgehead atoms. The van der Waals surface area contributed by atoms with Crippen molar-refractivity contribution in [3.05, 3.63) is 42.0 Å². The third-order valence-corrected chi connectivity index (χ3v) is 4.28. The maximum atomic E-state index is 5.38. The zero-order valence-electron chi connectivity index (χ0n) is 11.9. The Morgan fingerprint density at radius 1 is 1.14 bits per heavy atom. The molecule has 6 nitrogen and oxygen atoms in total. The molecule has 0 saturated carbocycles. The van der Waals surface area contributed by atoms with Crippen LogP contribution in [0.4, 0.5) is 5.69 Å². The highest BCUT2D eigenvalue weighted by Gasteiger charge is 2.35. The Morgan fingerprint density at radius 2 is 1.95 bits per heavy atom. The molecule has 1 unspecified atom stereocenters. The van der Waals surface area contributed by atoms with Crippen LogP contribution in [-0.2, 0) is 6.54 Å². The largest absolute Gasteiger partial charge is 0.376 e. The molecule has 3 fully saturated rings. The van der Waals surface area contributed by atoms with Gasteiger partial charge in [-0.3, -0.25) is 9.80 Å². The summed E-state index contributed by atoms with van der Waals surface area (Å²) in [5.74, 6) is 1.47. The number of nitrogens with zero attached hydrogens (tertiary/aromatic N) is 4. The second-order valence-electron chi connectivity index (χ2n) is 5.62. The lowest BCUT2D eigenvalue weighted by molar-refractivity contribution is 0.00781. The van der Waals surface area contributed by atoms with Gasteiger partial charge in [-0.15, -0.1) is 0 Å². The molecule has 0 amide bonds. The fraction of sp³-hybridized carbons (Fsp3) is 0.467. The Morgan fingerprint density at radius 3 is 2.67 bits per heavy atom. The van der Waals surface area contributed by atoms with E-state index in [0.29, 0.717) is 18.5 Å². The molecule has 0 spiro atoms. The average Bonchev–Trinajstić information content (AvgIpc) is 3.04. The summed E-state index contributed by atoms with van der Waals surface area (Å²) in [7, 11) is 0. The second kappa shape index (κ2) is 5.46. The van der Waals surface area contributed by atoms with E-state index in [4.69, 9.17) is 4.52 Å². The van der Waals surface area contributed by atoms with Crippen molar-refractivity contribution in [2.75, 3.05) is 38.0 Å². The Balaban J connectivity index is 1.41. The molecule has 2 aromatic rings. The van der Waals surface area contributed by atoms with E-state index in [1.807, 2.05) is 30.3 Å². The first-order valence-corrected chi connectivity index (χ1v) is 7.46. The molecule has 0 aliphatic carbocycles. The van der Waals surface area contributed by atoms with Crippen molar-refractivity contribution >= 4 is 5.69 Å². The summed E-state index contributed by atoms with van der Waals surface area (Å²) in [5.41, 5.74) is 1.06. The van der Waals surface area contributed by atoms with Crippen molar-refractivity contribution in [1.82, 2.24) is 19.9 Å². The molecule has 1 aromatic carbocycles. The van der Waals surface area contributed by atoms with Crippen LogP contribution in [0.5, 0.6) is 0 Å². The van der Waals surface area contributed by atoms with Gasteiger partial charge in [0.05, 0.1) is 12.6 Å². The molecule has 1 N–H and O–H groups in total. The van der Waals surface area contributed by atoms with E-state index in [1.165, 1.54) is 0 Å². The zero-order valence-corrected chi connectivity index (χ0v) is 11.9. The molecule has 110 valence electrons. The van der Waals surface area contributed by atoms with Crippen LogP contribution in [0.25, 0.3) is 0 Å². The molecule has 1 aromatic heterocycles. The van der Waals surface area contributed by atoms with Gasteiger partial charge in [0.15, 0.2) is 5.82 Å². The van der Waals surface area contributed by atoms with Gasteiger partial charge in [-0.1, -0.05) is 23.4 Å². The van der Waals surface area contributed by atoms with Crippen LogP contribution in [0.15, 0.2) is 34.9 Å². The lowest BCUT2D eigenvalue weighted by atomic mass is 10.1. The molecule has 3 aliphatic rings. The SMILES string of the molecule is c1ccc(NCc2nc(C3CN4CCN3CC4)no2)cc1. The van der Waals surface area contributed by atoms with E-state index in [2.05, 4.69) is 25.3 Å². The van der Waals surface area contributed by atoms with Gasteiger partial charge in [0.25, 0.3) is 0 Å². The molecule has 5 rings (SSSR count). The first kappa shape index (κ1) is 12.8. The molecule has 6 heteroatoms. The van der Waals surface area contributed by atoms with Crippen LogP contribution in [0.1, 0.15) is 17.8 Å². The van der Waals surface area contributed by atoms with Gasteiger partial charge >= 0.3 is 0 Å². The second-order valence-corrected chi connectivity index (χ2v) is 5.62. The van der Waals surface area contributed by atoms with E-state index in [9.17, 15) is 0 Å². The van der Waals surface area contributed by atoms with Crippen molar-refractivity contribution < 1.29 is 4.52 Å². The first-order valence-electron chi connectivity index (χ1n) is 7.46. The number of fused-ring (bicyclic) bond motifs is 3. The van der Waals surface area contributed by atoms with Crippen LogP contribution in [0, 0.1) is 0 Å². The Bertz CT molecular complexity index is 591.